The van der Waals surface area contributed by atoms with E-state index in [9.17, 15) is 4.79 Å². The Kier molecular flexibility index (Phi) is 5.69. The van der Waals surface area contributed by atoms with Gasteiger partial charge in [-0.15, -0.1) is 0 Å². The highest BCUT2D eigenvalue weighted by atomic mass is 35.5. The molecule has 1 heterocycles. The van der Waals surface area contributed by atoms with Crippen LogP contribution in [0.25, 0.3) is 0 Å². The van der Waals surface area contributed by atoms with Crippen LogP contribution in [0, 0.1) is 5.92 Å². The number of benzene rings is 1. The first-order valence-corrected chi connectivity index (χ1v) is 8.91. The molecule has 3 rings (SSSR count). The second kappa shape index (κ2) is 7.95. The van der Waals surface area contributed by atoms with Gasteiger partial charge in [-0.2, -0.15) is 0 Å². The summed E-state index contributed by atoms with van der Waals surface area (Å²) in [6.45, 7) is 0. The number of rotatable bonds is 5. The third-order valence-electron chi connectivity index (χ3n) is 4.54. The SMILES string of the molecule is O=C(Nc1ccncn1)C(CC1CCCC1)c1ccc(Cl)c(Cl)c1. The van der Waals surface area contributed by atoms with Crippen LogP contribution in [0.1, 0.15) is 43.6 Å². The van der Waals surface area contributed by atoms with Gasteiger partial charge in [-0.25, -0.2) is 9.97 Å². The molecule has 24 heavy (non-hydrogen) atoms. The number of carbonyl (C=O) groups excluding carboxylic acids is 1. The molecule has 2 aromatic rings. The molecule has 1 fully saturated rings. The summed E-state index contributed by atoms with van der Waals surface area (Å²) in [4.78, 5) is 20.8. The molecule has 1 aromatic carbocycles. The van der Waals surface area contributed by atoms with Crippen LogP contribution in [0.15, 0.2) is 36.8 Å². The maximum atomic E-state index is 12.8. The molecule has 1 amide bonds. The van der Waals surface area contributed by atoms with Crippen molar-refractivity contribution < 1.29 is 4.79 Å². The quantitative estimate of drug-likeness (QED) is 0.804. The number of carbonyl (C=O) groups is 1. The maximum absolute atomic E-state index is 12.8. The van der Waals surface area contributed by atoms with Crippen LogP contribution < -0.4 is 5.32 Å². The van der Waals surface area contributed by atoms with Gasteiger partial charge in [0.25, 0.3) is 0 Å². The monoisotopic (exact) mass is 363 g/mol. The van der Waals surface area contributed by atoms with Crippen LogP contribution in [0.2, 0.25) is 10.0 Å². The van der Waals surface area contributed by atoms with Gasteiger partial charge < -0.3 is 5.32 Å². The Hall–Kier alpha value is -1.65. The molecule has 1 N–H and O–H groups in total. The van der Waals surface area contributed by atoms with E-state index in [0.717, 1.165) is 12.0 Å². The van der Waals surface area contributed by atoms with Crippen molar-refractivity contribution in [3.8, 4) is 0 Å². The van der Waals surface area contributed by atoms with Crippen molar-refractivity contribution in [2.24, 2.45) is 5.92 Å². The van der Waals surface area contributed by atoms with Gasteiger partial charge >= 0.3 is 0 Å². The van der Waals surface area contributed by atoms with Crippen LogP contribution in [0.4, 0.5) is 5.82 Å². The van der Waals surface area contributed by atoms with E-state index in [0.29, 0.717) is 21.8 Å². The molecule has 0 aliphatic heterocycles. The van der Waals surface area contributed by atoms with Gasteiger partial charge in [0.15, 0.2) is 0 Å². The van der Waals surface area contributed by atoms with E-state index in [1.807, 2.05) is 6.07 Å². The summed E-state index contributed by atoms with van der Waals surface area (Å²) in [6, 6.07) is 7.11. The van der Waals surface area contributed by atoms with Gasteiger partial charge in [-0.05, 0) is 36.1 Å². The minimum atomic E-state index is -0.266. The molecule has 1 saturated carbocycles. The van der Waals surface area contributed by atoms with Crippen LogP contribution in [-0.4, -0.2) is 15.9 Å². The Morgan fingerprint density at radius 1 is 1.21 bits per heavy atom. The summed E-state index contributed by atoms with van der Waals surface area (Å²) >= 11 is 12.2. The predicted octanol–water partition coefficient (Wildman–Crippen LogP) is 5.09. The van der Waals surface area contributed by atoms with E-state index in [1.54, 1.807) is 24.4 Å². The number of hydrogen-bond donors (Lipinski definition) is 1. The van der Waals surface area contributed by atoms with E-state index < -0.39 is 0 Å². The average molecular weight is 364 g/mol. The molecule has 0 radical (unpaired) electrons. The fourth-order valence-electron chi connectivity index (χ4n) is 3.28. The van der Waals surface area contributed by atoms with Crippen molar-refractivity contribution in [2.75, 3.05) is 5.32 Å². The summed E-state index contributed by atoms with van der Waals surface area (Å²) in [6.07, 6.45) is 8.68. The van der Waals surface area contributed by atoms with Crippen LogP contribution in [-0.2, 0) is 4.79 Å². The molecular weight excluding hydrogens is 345 g/mol. The fraction of sp³-hybridized carbons (Fsp3) is 0.389. The Labute approximate surface area is 151 Å². The lowest BCUT2D eigenvalue weighted by molar-refractivity contribution is -0.118. The second-order valence-electron chi connectivity index (χ2n) is 6.20. The van der Waals surface area contributed by atoms with E-state index >= 15 is 0 Å². The Balaban J connectivity index is 1.82. The van der Waals surface area contributed by atoms with Gasteiger partial charge in [0, 0.05) is 6.20 Å². The third kappa shape index (κ3) is 4.25. The molecule has 1 aromatic heterocycles. The number of anilines is 1. The predicted molar refractivity (Wildman–Crippen MR) is 96.4 cm³/mol. The van der Waals surface area contributed by atoms with Crippen molar-refractivity contribution in [3.05, 3.63) is 52.4 Å². The molecule has 0 bridgehead atoms. The zero-order valence-corrected chi connectivity index (χ0v) is 14.7. The highest BCUT2D eigenvalue weighted by molar-refractivity contribution is 6.42. The van der Waals surface area contributed by atoms with E-state index in [4.69, 9.17) is 23.2 Å². The highest BCUT2D eigenvalue weighted by Crippen LogP contribution is 2.36. The zero-order valence-electron chi connectivity index (χ0n) is 13.2. The topological polar surface area (TPSA) is 54.9 Å². The van der Waals surface area contributed by atoms with Crippen LogP contribution in [0.5, 0.6) is 0 Å². The van der Waals surface area contributed by atoms with Crippen LogP contribution in [0.3, 0.4) is 0 Å². The maximum Gasteiger partial charge on any atom is 0.233 e. The van der Waals surface area contributed by atoms with Crippen LogP contribution >= 0.6 is 23.2 Å². The molecule has 1 atom stereocenters. The van der Waals surface area contributed by atoms with Crippen molar-refractivity contribution in [2.45, 2.75) is 38.0 Å². The third-order valence-corrected chi connectivity index (χ3v) is 5.28. The number of amides is 1. The number of hydrogen-bond acceptors (Lipinski definition) is 3. The number of nitrogens with zero attached hydrogens (tertiary/aromatic N) is 2. The number of aromatic nitrogens is 2. The molecular formula is C18H19Cl2N3O. The highest BCUT2D eigenvalue weighted by Gasteiger charge is 2.27. The van der Waals surface area contributed by atoms with Crippen molar-refractivity contribution in [1.82, 2.24) is 9.97 Å². The summed E-state index contributed by atoms with van der Waals surface area (Å²) in [7, 11) is 0. The molecule has 0 saturated heterocycles. The van der Waals surface area contributed by atoms with Gasteiger partial charge in [-0.3, -0.25) is 4.79 Å². The summed E-state index contributed by atoms with van der Waals surface area (Å²) in [5.74, 6) is 0.740. The summed E-state index contributed by atoms with van der Waals surface area (Å²) in [5.41, 5.74) is 0.892. The van der Waals surface area contributed by atoms with Gasteiger partial charge in [0.2, 0.25) is 5.91 Å². The molecule has 6 heteroatoms. The smallest absolute Gasteiger partial charge is 0.233 e. The number of nitrogens with one attached hydrogen (secondary N) is 1. The molecule has 1 unspecified atom stereocenters. The van der Waals surface area contributed by atoms with Gasteiger partial charge in [-0.1, -0.05) is 55.0 Å². The van der Waals surface area contributed by atoms with Gasteiger partial charge in [0.1, 0.15) is 12.1 Å². The molecule has 1 aliphatic carbocycles. The standard InChI is InChI=1S/C18H19Cl2N3O/c19-15-6-5-13(10-16(15)20)14(9-12-3-1-2-4-12)18(24)23-17-7-8-21-11-22-17/h5-8,10-12,14H,1-4,9H2,(H,21,22,23,24). The zero-order chi connectivity index (χ0) is 16.9. The molecule has 1 aliphatic rings. The minimum Gasteiger partial charge on any atom is -0.310 e. The van der Waals surface area contributed by atoms with E-state index in [-0.39, 0.29) is 11.8 Å². The summed E-state index contributed by atoms with van der Waals surface area (Å²) < 4.78 is 0. The lowest BCUT2D eigenvalue weighted by atomic mass is 9.87. The molecule has 126 valence electrons. The first-order valence-electron chi connectivity index (χ1n) is 8.15. The molecule has 0 spiro atoms. The number of halogens is 2. The van der Waals surface area contributed by atoms with Gasteiger partial charge in [0.05, 0.1) is 16.0 Å². The first kappa shape index (κ1) is 17.2. The van der Waals surface area contributed by atoms with E-state index in [1.165, 1.54) is 32.0 Å². The Bertz CT molecular complexity index is 703. The first-order chi connectivity index (χ1) is 11.6. The Morgan fingerprint density at radius 2 is 2.00 bits per heavy atom. The normalized spacial score (nSPS) is 16.1. The minimum absolute atomic E-state index is 0.0704. The second-order valence-corrected chi connectivity index (χ2v) is 7.01. The summed E-state index contributed by atoms with van der Waals surface area (Å²) in [5, 5.41) is 3.85. The average Bonchev–Trinajstić information content (AvgIpc) is 3.09. The fourth-order valence-corrected chi connectivity index (χ4v) is 3.59. The van der Waals surface area contributed by atoms with Crippen molar-refractivity contribution >= 4 is 34.9 Å². The van der Waals surface area contributed by atoms with E-state index in [2.05, 4.69) is 15.3 Å². The largest absolute Gasteiger partial charge is 0.310 e. The molecule has 4 nitrogen and oxygen atoms in total. The van der Waals surface area contributed by atoms with Crippen molar-refractivity contribution in [3.63, 3.8) is 0 Å². The lowest BCUT2D eigenvalue weighted by Crippen LogP contribution is -2.23. The lowest BCUT2D eigenvalue weighted by Gasteiger charge is -2.21. The Morgan fingerprint density at radius 3 is 2.67 bits per heavy atom. The van der Waals surface area contributed by atoms with Crippen molar-refractivity contribution in [1.29, 1.82) is 0 Å².